The zero-order chi connectivity index (χ0) is 21.2. The Kier molecular flexibility index (Phi) is 5.71. The number of nitrogens with zero attached hydrogens (tertiary/aromatic N) is 3. The second kappa shape index (κ2) is 8.06. The molecule has 29 heavy (non-hydrogen) atoms. The lowest BCUT2D eigenvalue weighted by Crippen LogP contribution is -2.49. The Hall–Kier alpha value is -3.17. The molecular formula is C19H17F4N3O3. The van der Waals surface area contributed by atoms with E-state index in [1.54, 1.807) is 4.90 Å². The fourth-order valence-electron chi connectivity index (χ4n) is 3.09. The highest BCUT2D eigenvalue weighted by molar-refractivity contribution is 5.96. The SMILES string of the molecule is COC(=O)c1ccnc(N2CCN(C(=O)c3cc(F)ccc3C(F)(F)F)CC2)c1. The molecule has 0 aliphatic carbocycles. The topological polar surface area (TPSA) is 62.7 Å². The summed E-state index contributed by atoms with van der Waals surface area (Å²) in [7, 11) is 1.26. The van der Waals surface area contributed by atoms with E-state index in [9.17, 15) is 27.2 Å². The number of hydrogen-bond acceptors (Lipinski definition) is 5. The molecule has 1 amide bonds. The van der Waals surface area contributed by atoms with Crippen LogP contribution in [0, 0.1) is 5.82 Å². The van der Waals surface area contributed by atoms with Crippen molar-refractivity contribution in [1.82, 2.24) is 9.88 Å². The molecule has 0 bridgehead atoms. The van der Waals surface area contributed by atoms with Gasteiger partial charge in [0.2, 0.25) is 0 Å². The summed E-state index contributed by atoms with van der Waals surface area (Å²) in [5, 5.41) is 0. The third-order valence-electron chi connectivity index (χ3n) is 4.57. The number of esters is 1. The van der Waals surface area contributed by atoms with Crippen LogP contribution >= 0.6 is 0 Å². The van der Waals surface area contributed by atoms with E-state index in [2.05, 4.69) is 9.72 Å². The predicted molar refractivity (Wildman–Crippen MR) is 95.1 cm³/mol. The first-order chi connectivity index (χ1) is 13.7. The van der Waals surface area contributed by atoms with E-state index in [1.165, 1.54) is 30.3 Å². The molecule has 3 rings (SSSR count). The summed E-state index contributed by atoms with van der Waals surface area (Å²) in [6, 6.07) is 4.90. The predicted octanol–water partition coefficient (Wildman–Crippen LogP) is 2.99. The van der Waals surface area contributed by atoms with Gasteiger partial charge in [-0.15, -0.1) is 0 Å². The van der Waals surface area contributed by atoms with Crippen molar-refractivity contribution in [3.05, 3.63) is 59.0 Å². The second-order valence-electron chi connectivity index (χ2n) is 6.36. The third-order valence-corrected chi connectivity index (χ3v) is 4.57. The first-order valence-corrected chi connectivity index (χ1v) is 8.66. The van der Waals surface area contributed by atoms with E-state index in [-0.39, 0.29) is 13.1 Å². The summed E-state index contributed by atoms with van der Waals surface area (Å²) in [5.74, 6) is -1.83. The molecule has 1 saturated heterocycles. The van der Waals surface area contributed by atoms with E-state index in [0.717, 1.165) is 0 Å². The Balaban J connectivity index is 1.74. The van der Waals surface area contributed by atoms with E-state index >= 15 is 0 Å². The average Bonchev–Trinajstić information content (AvgIpc) is 2.72. The molecule has 154 valence electrons. The number of alkyl halides is 3. The number of pyridine rings is 1. The Bertz CT molecular complexity index is 925. The van der Waals surface area contributed by atoms with Crippen LogP contribution in [0.15, 0.2) is 36.5 Å². The lowest BCUT2D eigenvalue weighted by Gasteiger charge is -2.35. The van der Waals surface area contributed by atoms with Gasteiger partial charge in [0, 0.05) is 32.4 Å². The van der Waals surface area contributed by atoms with Crippen LogP contribution in [0.3, 0.4) is 0 Å². The number of benzene rings is 1. The standard InChI is InChI=1S/C19H17F4N3O3/c1-29-18(28)12-4-5-24-16(10-12)25-6-8-26(9-7-25)17(27)14-11-13(20)2-3-15(14)19(21,22)23/h2-5,10-11H,6-9H2,1H3. The molecule has 0 saturated carbocycles. The molecule has 0 unspecified atom stereocenters. The number of rotatable bonds is 3. The highest BCUT2D eigenvalue weighted by Gasteiger charge is 2.37. The van der Waals surface area contributed by atoms with Crippen molar-refractivity contribution < 1.29 is 31.9 Å². The maximum absolute atomic E-state index is 13.5. The van der Waals surface area contributed by atoms with E-state index in [4.69, 9.17) is 0 Å². The summed E-state index contributed by atoms with van der Waals surface area (Å²) in [6.07, 6.45) is -3.32. The average molecular weight is 411 g/mol. The number of anilines is 1. The Morgan fingerprint density at radius 3 is 2.38 bits per heavy atom. The van der Waals surface area contributed by atoms with Gasteiger partial charge in [0.05, 0.1) is 23.8 Å². The number of hydrogen-bond donors (Lipinski definition) is 0. The van der Waals surface area contributed by atoms with Gasteiger partial charge in [-0.05, 0) is 30.3 Å². The first kappa shape index (κ1) is 20.6. The molecule has 0 spiro atoms. The van der Waals surface area contributed by atoms with Crippen LogP contribution in [0.5, 0.6) is 0 Å². The van der Waals surface area contributed by atoms with E-state index in [0.29, 0.717) is 42.7 Å². The number of piperazine rings is 1. The Labute approximate surface area is 163 Å². The van der Waals surface area contributed by atoms with Crippen LogP contribution in [0.1, 0.15) is 26.3 Å². The van der Waals surface area contributed by atoms with Gasteiger partial charge >= 0.3 is 12.1 Å². The smallest absolute Gasteiger partial charge is 0.417 e. The minimum Gasteiger partial charge on any atom is -0.465 e. The Morgan fingerprint density at radius 2 is 1.76 bits per heavy atom. The van der Waals surface area contributed by atoms with Gasteiger partial charge in [0.25, 0.3) is 5.91 Å². The highest BCUT2D eigenvalue weighted by atomic mass is 19.4. The molecular weight excluding hydrogens is 394 g/mol. The van der Waals surface area contributed by atoms with Gasteiger partial charge in [-0.1, -0.05) is 0 Å². The van der Waals surface area contributed by atoms with Crippen molar-refractivity contribution in [3.8, 4) is 0 Å². The summed E-state index contributed by atoms with van der Waals surface area (Å²) < 4.78 is 57.7. The molecule has 6 nitrogen and oxygen atoms in total. The van der Waals surface area contributed by atoms with Crippen LogP contribution in [0.25, 0.3) is 0 Å². The van der Waals surface area contributed by atoms with Gasteiger partial charge in [-0.3, -0.25) is 4.79 Å². The molecule has 2 heterocycles. The number of ether oxygens (including phenoxy) is 1. The molecule has 0 N–H and O–H groups in total. The number of aromatic nitrogens is 1. The van der Waals surface area contributed by atoms with Gasteiger partial charge in [0.1, 0.15) is 11.6 Å². The van der Waals surface area contributed by atoms with Gasteiger partial charge in [-0.25, -0.2) is 14.2 Å². The maximum Gasteiger partial charge on any atom is 0.417 e. The molecule has 0 atom stereocenters. The lowest BCUT2D eigenvalue weighted by molar-refractivity contribution is -0.138. The Morgan fingerprint density at radius 1 is 1.07 bits per heavy atom. The van der Waals surface area contributed by atoms with Crippen LogP contribution < -0.4 is 4.90 Å². The molecule has 1 aromatic heterocycles. The lowest BCUT2D eigenvalue weighted by atomic mass is 10.0. The second-order valence-corrected chi connectivity index (χ2v) is 6.36. The van der Waals surface area contributed by atoms with Crippen molar-refractivity contribution in [2.24, 2.45) is 0 Å². The van der Waals surface area contributed by atoms with Crippen molar-refractivity contribution in [2.45, 2.75) is 6.18 Å². The minimum atomic E-state index is -4.77. The van der Waals surface area contributed by atoms with Gasteiger partial charge < -0.3 is 14.5 Å². The molecule has 1 aliphatic heterocycles. The molecule has 2 aromatic rings. The quantitative estimate of drug-likeness (QED) is 0.574. The third kappa shape index (κ3) is 4.47. The van der Waals surface area contributed by atoms with Crippen molar-refractivity contribution >= 4 is 17.7 Å². The minimum absolute atomic E-state index is 0.122. The molecule has 1 aliphatic rings. The maximum atomic E-state index is 13.5. The van der Waals surface area contributed by atoms with Crippen LogP contribution in [-0.2, 0) is 10.9 Å². The summed E-state index contributed by atoms with van der Waals surface area (Å²) in [5.41, 5.74) is -1.57. The van der Waals surface area contributed by atoms with Crippen molar-refractivity contribution in [3.63, 3.8) is 0 Å². The molecule has 1 fully saturated rings. The van der Waals surface area contributed by atoms with Crippen molar-refractivity contribution in [1.29, 1.82) is 0 Å². The van der Waals surface area contributed by atoms with Crippen LogP contribution in [-0.4, -0.2) is 55.0 Å². The summed E-state index contributed by atoms with van der Waals surface area (Å²) >= 11 is 0. The zero-order valence-electron chi connectivity index (χ0n) is 15.4. The van der Waals surface area contributed by atoms with Crippen molar-refractivity contribution in [2.75, 3.05) is 38.2 Å². The number of halogens is 4. The summed E-state index contributed by atoms with van der Waals surface area (Å²) in [4.78, 5) is 31.5. The highest BCUT2D eigenvalue weighted by Crippen LogP contribution is 2.33. The summed E-state index contributed by atoms with van der Waals surface area (Å²) in [6.45, 7) is 0.827. The van der Waals surface area contributed by atoms with E-state index < -0.39 is 35.0 Å². The zero-order valence-corrected chi connectivity index (χ0v) is 15.4. The normalized spacial score (nSPS) is 14.7. The molecule has 0 radical (unpaired) electrons. The fraction of sp³-hybridized carbons (Fsp3) is 0.316. The van der Waals surface area contributed by atoms with Crippen LogP contribution in [0.2, 0.25) is 0 Å². The number of carbonyl (C=O) groups is 2. The van der Waals surface area contributed by atoms with E-state index in [1.807, 2.05) is 0 Å². The molecule has 1 aromatic carbocycles. The number of methoxy groups -OCH3 is 1. The van der Waals surface area contributed by atoms with Gasteiger partial charge in [-0.2, -0.15) is 13.2 Å². The number of carbonyl (C=O) groups excluding carboxylic acids is 2. The largest absolute Gasteiger partial charge is 0.465 e. The monoisotopic (exact) mass is 411 g/mol. The molecule has 10 heteroatoms. The van der Waals surface area contributed by atoms with Gasteiger partial charge in [0.15, 0.2) is 0 Å². The van der Waals surface area contributed by atoms with Crippen LogP contribution in [0.4, 0.5) is 23.4 Å². The fourth-order valence-corrected chi connectivity index (χ4v) is 3.09. The number of amides is 1. The first-order valence-electron chi connectivity index (χ1n) is 8.66.